The number of aromatic hydroxyl groups is 1. The van der Waals surface area contributed by atoms with Crippen molar-refractivity contribution in [2.75, 3.05) is 0 Å². The van der Waals surface area contributed by atoms with E-state index in [1.807, 2.05) is 23.6 Å². The molecule has 0 aliphatic heterocycles. The van der Waals surface area contributed by atoms with E-state index in [4.69, 9.17) is 4.74 Å². The maximum Gasteiger partial charge on any atom is 0.368 e. The molecule has 27 heavy (non-hydrogen) atoms. The molecule has 4 aromatic rings. The van der Waals surface area contributed by atoms with Crippen molar-refractivity contribution in [1.29, 1.82) is 0 Å². The van der Waals surface area contributed by atoms with Crippen molar-refractivity contribution in [3.8, 4) is 27.9 Å². The van der Waals surface area contributed by atoms with Crippen LogP contribution in [-0.2, 0) is 13.7 Å². The first-order valence-electron chi connectivity index (χ1n) is 8.07. The minimum Gasteiger partial charge on any atom is -0.508 e. The first-order valence-corrected chi connectivity index (χ1v) is 8.95. The number of nitrogens with zero attached hydrogens (tertiary/aromatic N) is 5. The highest BCUT2D eigenvalue weighted by Gasteiger charge is 2.12. The van der Waals surface area contributed by atoms with Gasteiger partial charge in [0, 0.05) is 23.6 Å². The number of aromatic nitrogens is 5. The van der Waals surface area contributed by atoms with Crippen molar-refractivity contribution < 1.29 is 9.84 Å². The lowest BCUT2D eigenvalue weighted by Gasteiger charge is -2.08. The number of ether oxygens (including phenoxy) is 1. The molecule has 0 unspecified atom stereocenters. The Morgan fingerprint density at radius 3 is 2.63 bits per heavy atom. The third kappa shape index (κ3) is 3.44. The molecule has 0 spiro atoms. The van der Waals surface area contributed by atoms with Gasteiger partial charge in [-0.3, -0.25) is 0 Å². The van der Waals surface area contributed by atoms with Gasteiger partial charge >= 0.3 is 5.69 Å². The number of phenolic OH excluding ortho intramolecular Hbond substituents is 1. The molecule has 9 heteroatoms. The normalized spacial score (nSPS) is 10.9. The molecule has 0 aliphatic rings. The Labute approximate surface area is 157 Å². The predicted molar refractivity (Wildman–Crippen MR) is 100 cm³/mol. The number of hydrogen-bond donors (Lipinski definition) is 1. The molecule has 0 atom stereocenters. The molecule has 0 saturated carbocycles. The van der Waals surface area contributed by atoms with Crippen molar-refractivity contribution in [3.63, 3.8) is 0 Å². The number of tetrazole rings is 1. The zero-order valence-electron chi connectivity index (χ0n) is 14.3. The van der Waals surface area contributed by atoms with Gasteiger partial charge in [0.2, 0.25) is 0 Å². The largest absolute Gasteiger partial charge is 0.508 e. The summed E-state index contributed by atoms with van der Waals surface area (Å²) in [7, 11) is 1.55. The summed E-state index contributed by atoms with van der Waals surface area (Å²) in [5.41, 5.74) is 2.75. The Morgan fingerprint density at radius 2 is 1.89 bits per heavy atom. The van der Waals surface area contributed by atoms with Crippen LogP contribution in [0.4, 0.5) is 0 Å². The van der Waals surface area contributed by atoms with Crippen LogP contribution in [0.15, 0.2) is 58.7 Å². The van der Waals surface area contributed by atoms with Gasteiger partial charge in [0.25, 0.3) is 5.19 Å². The van der Waals surface area contributed by atoms with Crippen molar-refractivity contribution in [1.82, 2.24) is 24.8 Å². The fourth-order valence-electron chi connectivity index (χ4n) is 2.53. The van der Waals surface area contributed by atoms with Crippen LogP contribution in [0.2, 0.25) is 0 Å². The average Bonchev–Trinajstić information content (AvgIpc) is 3.28. The molecule has 0 bridgehead atoms. The van der Waals surface area contributed by atoms with E-state index < -0.39 is 0 Å². The molecule has 0 saturated heterocycles. The number of rotatable bonds is 5. The zero-order valence-corrected chi connectivity index (χ0v) is 15.1. The fourth-order valence-corrected chi connectivity index (χ4v) is 3.21. The van der Waals surface area contributed by atoms with Gasteiger partial charge in [0.1, 0.15) is 12.4 Å². The van der Waals surface area contributed by atoms with Crippen LogP contribution in [0.25, 0.3) is 16.9 Å². The summed E-state index contributed by atoms with van der Waals surface area (Å²) in [6.07, 6.45) is 0. The van der Waals surface area contributed by atoms with E-state index in [0.717, 1.165) is 16.8 Å². The molecule has 2 heterocycles. The van der Waals surface area contributed by atoms with Crippen LogP contribution in [0.3, 0.4) is 0 Å². The van der Waals surface area contributed by atoms with Crippen LogP contribution >= 0.6 is 11.3 Å². The highest BCUT2D eigenvalue weighted by atomic mass is 32.1. The standard InChI is InChI=1S/C18H15N5O3S/c1-22-18(25)23(21-20-22)16-5-3-2-4-13(16)10-26-17-19-15(11-27-17)12-6-8-14(24)9-7-12/h2-9,11,24H,10H2,1H3. The topological polar surface area (TPSA) is 95.1 Å². The Morgan fingerprint density at radius 1 is 1.11 bits per heavy atom. The van der Waals surface area contributed by atoms with Crippen LogP contribution in [-0.4, -0.2) is 29.9 Å². The van der Waals surface area contributed by atoms with Crippen molar-refractivity contribution in [2.24, 2.45) is 7.05 Å². The number of phenols is 1. The Bertz CT molecular complexity index is 1130. The van der Waals surface area contributed by atoms with E-state index in [-0.39, 0.29) is 18.0 Å². The lowest BCUT2D eigenvalue weighted by Crippen LogP contribution is -2.23. The van der Waals surface area contributed by atoms with Gasteiger partial charge in [0.15, 0.2) is 0 Å². The predicted octanol–water partition coefficient (Wildman–Crippen LogP) is 2.37. The second-order valence-corrected chi connectivity index (χ2v) is 6.58. The van der Waals surface area contributed by atoms with E-state index in [1.54, 1.807) is 37.4 Å². The molecule has 4 rings (SSSR count). The maximum atomic E-state index is 12.1. The van der Waals surface area contributed by atoms with Crippen LogP contribution < -0.4 is 10.4 Å². The average molecular weight is 381 g/mol. The minimum absolute atomic E-state index is 0.210. The zero-order chi connectivity index (χ0) is 18.8. The smallest absolute Gasteiger partial charge is 0.368 e. The quantitative estimate of drug-likeness (QED) is 0.570. The van der Waals surface area contributed by atoms with E-state index in [0.29, 0.717) is 10.9 Å². The van der Waals surface area contributed by atoms with Crippen LogP contribution in [0.1, 0.15) is 5.56 Å². The summed E-state index contributed by atoms with van der Waals surface area (Å²) >= 11 is 1.38. The molecule has 0 amide bonds. The summed E-state index contributed by atoms with van der Waals surface area (Å²) in [5.74, 6) is 0.210. The van der Waals surface area contributed by atoms with E-state index >= 15 is 0 Å². The van der Waals surface area contributed by atoms with Crippen LogP contribution in [0, 0.1) is 0 Å². The van der Waals surface area contributed by atoms with E-state index in [2.05, 4.69) is 15.4 Å². The molecule has 136 valence electrons. The Hall–Kier alpha value is -3.46. The number of aryl methyl sites for hydroxylation is 1. The third-order valence-electron chi connectivity index (χ3n) is 3.94. The highest BCUT2D eigenvalue weighted by molar-refractivity contribution is 7.11. The fraction of sp³-hybridized carbons (Fsp3) is 0.111. The van der Waals surface area contributed by atoms with Gasteiger partial charge in [-0.05, 0) is 40.8 Å². The summed E-state index contributed by atoms with van der Waals surface area (Å²) in [6.45, 7) is 0.238. The van der Waals surface area contributed by atoms with Gasteiger partial charge in [-0.25, -0.2) is 9.78 Å². The number of thiazole rings is 1. The second kappa shape index (κ2) is 7.04. The second-order valence-electron chi connectivity index (χ2n) is 5.76. The van der Waals surface area contributed by atoms with E-state index in [9.17, 15) is 9.90 Å². The number of para-hydroxylation sites is 1. The molecule has 1 N–H and O–H groups in total. The monoisotopic (exact) mass is 381 g/mol. The van der Waals surface area contributed by atoms with E-state index in [1.165, 1.54) is 20.7 Å². The molecule has 0 fully saturated rings. The van der Waals surface area contributed by atoms with Crippen molar-refractivity contribution in [3.05, 3.63) is 70.0 Å². The third-order valence-corrected chi connectivity index (χ3v) is 4.69. The molecule has 2 aromatic carbocycles. The summed E-state index contributed by atoms with van der Waals surface area (Å²) in [5, 5.41) is 19.4. The Balaban J connectivity index is 1.54. The Kier molecular flexibility index (Phi) is 4.43. The first kappa shape index (κ1) is 17.0. The van der Waals surface area contributed by atoms with Gasteiger partial charge in [-0.2, -0.15) is 9.36 Å². The molecule has 0 radical (unpaired) electrons. The number of benzene rings is 2. The molecular weight excluding hydrogens is 366 g/mol. The molecular formula is C18H15N5O3S. The van der Waals surface area contributed by atoms with Crippen LogP contribution in [0.5, 0.6) is 10.9 Å². The lowest BCUT2D eigenvalue weighted by molar-refractivity contribution is 0.304. The molecule has 8 nitrogen and oxygen atoms in total. The summed E-state index contributed by atoms with van der Waals surface area (Å²) in [4.78, 5) is 16.6. The summed E-state index contributed by atoms with van der Waals surface area (Å²) in [6, 6.07) is 14.2. The molecule has 2 aromatic heterocycles. The van der Waals surface area contributed by atoms with Crippen molar-refractivity contribution in [2.45, 2.75) is 6.61 Å². The van der Waals surface area contributed by atoms with Gasteiger partial charge in [0.05, 0.1) is 11.4 Å². The number of hydrogen-bond acceptors (Lipinski definition) is 7. The lowest BCUT2D eigenvalue weighted by atomic mass is 10.2. The first-order chi connectivity index (χ1) is 13.1. The van der Waals surface area contributed by atoms with Gasteiger partial charge in [-0.15, -0.1) is 0 Å². The van der Waals surface area contributed by atoms with Gasteiger partial charge < -0.3 is 9.84 Å². The summed E-state index contributed by atoms with van der Waals surface area (Å²) < 4.78 is 8.22. The minimum atomic E-state index is -0.327. The van der Waals surface area contributed by atoms with Crippen molar-refractivity contribution >= 4 is 11.3 Å². The highest BCUT2D eigenvalue weighted by Crippen LogP contribution is 2.28. The SMILES string of the molecule is Cn1nnn(-c2ccccc2COc2nc(-c3ccc(O)cc3)cs2)c1=O. The molecule has 0 aliphatic carbocycles. The van der Waals surface area contributed by atoms with Gasteiger partial charge in [-0.1, -0.05) is 29.5 Å². The maximum absolute atomic E-state index is 12.1.